The average Bonchev–Trinajstić information content (AvgIpc) is 2.82. The summed E-state index contributed by atoms with van der Waals surface area (Å²) in [4.78, 5) is 13.0. The van der Waals surface area contributed by atoms with E-state index in [-0.39, 0.29) is 24.1 Å². The van der Waals surface area contributed by atoms with Gasteiger partial charge in [0, 0.05) is 11.0 Å². The molecule has 0 spiro atoms. The van der Waals surface area contributed by atoms with Gasteiger partial charge >= 0.3 is 0 Å². The number of anilines is 1. The highest BCUT2D eigenvalue weighted by Gasteiger charge is 2.27. The number of ether oxygens (including phenoxy) is 2. The van der Waals surface area contributed by atoms with Gasteiger partial charge in [-0.25, -0.2) is 8.42 Å². The summed E-state index contributed by atoms with van der Waals surface area (Å²) in [5.74, 6) is 0.733. The molecule has 0 bridgehead atoms. The number of hydrogen-bond donors (Lipinski definition) is 1. The van der Waals surface area contributed by atoms with Gasteiger partial charge < -0.3 is 14.8 Å². The van der Waals surface area contributed by atoms with Gasteiger partial charge in [-0.1, -0.05) is 39.7 Å². The zero-order valence-electron chi connectivity index (χ0n) is 20.1. The van der Waals surface area contributed by atoms with Crippen molar-refractivity contribution in [1.82, 2.24) is 5.32 Å². The van der Waals surface area contributed by atoms with Crippen LogP contribution in [0.5, 0.6) is 11.5 Å². The Bertz CT molecular complexity index is 1260. The maximum atomic E-state index is 13.5. The zero-order chi connectivity index (χ0) is 25.6. The van der Waals surface area contributed by atoms with Crippen LogP contribution in [0.3, 0.4) is 0 Å². The maximum Gasteiger partial charge on any atom is 0.264 e. The van der Waals surface area contributed by atoms with Crippen LogP contribution in [0.15, 0.2) is 76.1 Å². The molecule has 0 unspecified atom stereocenters. The Morgan fingerprint density at radius 3 is 2.26 bits per heavy atom. The second-order valence-electron chi connectivity index (χ2n) is 8.23. The van der Waals surface area contributed by atoms with E-state index in [1.807, 2.05) is 26.8 Å². The number of aryl methyl sites for hydroxylation is 1. The van der Waals surface area contributed by atoms with Crippen LogP contribution in [0, 0.1) is 6.92 Å². The normalized spacial score (nSPS) is 11.3. The summed E-state index contributed by atoms with van der Waals surface area (Å²) in [6.07, 6.45) is -0.00507. The minimum absolute atomic E-state index is 0.00507. The molecule has 0 atom stereocenters. The number of amides is 1. The molecule has 35 heavy (non-hydrogen) atoms. The minimum Gasteiger partial charge on any atom is -0.493 e. The van der Waals surface area contributed by atoms with Crippen molar-refractivity contribution in [3.8, 4) is 11.5 Å². The number of rotatable bonds is 10. The summed E-state index contributed by atoms with van der Waals surface area (Å²) in [5.41, 5.74) is 2.13. The van der Waals surface area contributed by atoms with Crippen molar-refractivity contribution in [2.75, 3.05) is 18.0 Å². The van der Waals surface area contributed by atoms with E-state index in [0.717, 1.165) is 19.9 Å². The lowest BCUT2D eigenvalue weighted by Gasteiger charge is -2.24. The van der Waals surface area contributed by atoms with Crippen LogP contribution < -0.4 is 19.1 Å². The lowest BCUT2D eigenvalue weighted by molar-refractivity contribution is -0.119. The third kappa shape index (κ3) is 6.99. The molecule has 0 aliphatic rings. The van der Waals surface area contributed by atoms with E-state index in [2.05, 4.69) is 21.2 Å². The van der Waals surface area contributed by atoms with Gasteiger partial charge in [0.1, 0.15) is 6.54 Å². The van der Waals surface area contributed by atoms with E-state index in [0.29, 0.717) is 17.2 Å². The van der Waals surface area contributed by atoms with Crippen molar-refractivity contribution in [3.63, 3.8) is 0 Å². The fraction of sp³-hybridized carbons (Fsp3) is 0.269. The zero-order valence-corrected chi connectivity index (χ0v) is 22.5. The van der Waals surface area contributed by atoms with Gasteiger partial charge in [-0.2, -0.15) is 0 Å². The Hall–Kier alpha value is -3.04. The fourth-order valence-corrected chi connectivity index (χ4v) is 5.01. The molecule has 0 fully saturated rings. The summed E-state index contributed by atoms with van der Waals surface area (Å²) in [7, 11) is -2.42. The Morgan fingerprint density at radius 2 is 1.66 bits per heavy atom. The van der Waals surface area contributed by atoms with Crippen LogP contribution in [-0.4, -0.2) is 34.1 Å². The standard InChI is InChI=1S/C26H29BrN2O5S/c1-18(2)34-24-14-7-20(15-25(24)33-4)16-28-26(30)17-29(22-10-8-21(27)9-11-22)35(31,32)23-12-5-19(3)6-13-23/h5-15,18H,16-17H2,1-4H3,(H,28,30). The predicted octanol–water partition coefficient (Wildman–Crippen LogP) is 5.07. The Kier molecular flexibility index (Phi) is 8.80. The summed E-state index contributed by atoms with van der Waals surface area (Å²) in [6, 6.07) is 18.7. The van der Waals surface area contributed by atoms with Crippen LogP contribution in [-0.2, 0) is 21.4 Å². The number of sulfonamides is 1. The number of hydrogen-bond acceptors (Lipinski definition) is 5. The van der Waals surface area contributed by atoms with E-state index in [9.17, 15) is 13.2 Å². The first-order valence-corrected chi connectivity index (χ1v) is 13.3. The highest BCUT2D eigenvalue weighted by Crippen LogP contribution is 2.29. The second-order valence-corrected chi connectivity index (χ2v) is 11.0. The third-order valence-electron chi connectivity index (χ3n) is 5.09. The smallest absolute Gasteiger partial charge is 0.264 e. The van der Waals surface area contributed by atoms with Crippen molar-refractivity contribution in [2.24, 2.45) is 0 Å². The quantitative estimate of drug-likeness (QED) is 0.374. The Balaban J connectivity index is 1.79. The molecule has 0 aromatic heterocycles. The van der Waals surface area contributed by atoms with Crippen molar-refractivity contribution >= 4 is 37.5 Å². The molecule has 0 radical (unpaired) electrons. The molecule has 0 heterocycles. The molecule has 0 aliphatic carbocycles. The Labute approximate surface area is 215 Å². The highest BCUT2D eigenvalue weighted by molar-refractivity contribution is 9.10. The number of carbonyl (C=O) groups is 1. The molecule has 0 aliphatic heterocycles. The minimum atomic E-state index is -3.97. The largest absolute Gasteiger partial charge is 0.493 e. The van der Waals surface area contributed by atoms with Gasteiger partial charge in [-0.15, -0.1) is 0 Å². The monoisotopic (exact) mass is 560 g/mol. The lowest BCUT2D eigenvalue weighted by atomic mass is 10.2. The second kappa shape index (κ2) is 11.6. The van der Waals surface area contributed by atoms with Crippen molar-refractivity contribution in [3.05, 3.63) is 82.3 Å². The summed E-state index contributed by atoms with van der Waals surface area (Å²) < 4.78 is 39.9. The SMILES string of the molecule is COc1cc(CNC(=O)CN(c2ccc(Br)cc2)S(=O)(=O)c2ccc(C)cc2)ccc1OC(C)C. The van der Waals surface area contributed by atoms with E-state index < -0.39 is 15.9 Å². The van der Waals surface area contributed by atoms with Gasteiger partial charge in [0.25, 0.3) is 10.0 Å². The fourth-order valence-electron chi connectivity index (χ4n) is 3.32. The van der Waals surface area contributed by atoms with Crippen molar-refractivity contribution in [2.45, 2.75) is 38.3 Å². The molecule has 1 amide bonds. The van der Waals surface area contributed by atoms with Gasteiger partial charge in [-0.3, -0.25) is 9.10 Å². The molecule has 186 valence electrons. The molecular formula is C26H29BrN2O5S. The first kappa shape index (κ1) is 26.6. The molecular weight excluding hydrogens is 532 g/mol. The van der Waals surface area contributed by atoms with Crippen LogP contribution in [0.25, 0.3) is 0 Å². The molecule has 7 nitrogen and oxygen atoms in total. The molecule has 9 heteroatoms. The van der Waals surface area contributed by atoms with Gasteiger partial charge in [0.15, 0.2) is 11.5 Å². The topological polar surface area (TPSA) is 84.9 Å². The van der Waals surface area contributed by atoms with Crippen molar-refractivity contribution < 1.29 is 22.7 Å². The summed E-state index contributed by atoms with van der Waals surface area (Å²) in [5, 5.41) is 2.80. The third-order valence-corrected chi connectivity index (χ3v) is 7.41. The van der Waals surface area contributed by atoms with E-state index >= 15 is 0 Å². The predicted molar refractivity (Wildman–Crippen MR) is 140 cm³/mol. The number of nitrogens with one attached hydrogen (secondary N) is 1. The molecule has 0 saturated heterocycles. The van der Waals surface area contributed by atoms with E-state index in [4.69, 9.17) is 9.47 Å². The first-order chi connectivity index (χ1) is 16.6. The van der Waals surface area contributed by atoms with Crippen LogP contribution in [0.2, 0.25) is 0 Å². The average molecular weight is 561 g/mol. The van der Waals surface area contributed by atoms with Gasteiger partial charge in [0.2, 0.25) is 5.91 Å². The number of carbonyl (C=O) groups excluding carboxylic acids is 1. The highest BCUT2D eigenvalue weighted by atomic mass is 79.9. The molecule has 0 saturated carbocycles. The van der Waals surface area contributed by atoms with Gasteiger partial charge in [0.05, 0.1) is 23.8 Å². The Morgan fingerprint density at radius 1 is 1.00 bits per heavy atom. The van der Waals surface area contributed by atoms with E-state index in [1.54, 1.807) is 67.8 Å². The maximum absolute atomic E-state index is 13.5. The van der Waals surface area contributed by atoms with Crippen molar-refractivity contribution in [1.29, 1.82) is 0 Å². The number of benzene rings is 3. The van der Waals surface area contributed by atoms with E-state index in [1.165, 1.54) is 0 Å². The molecule has 3 aromatic rings. The first-order valence-electron chi connectivity index (χ1n) is 11.1. The number of methoxy groups -OCH3 is 1. The van der Waals surface area contributed by atoms with Crippen LogP contribution in [0.4, 0.5) is 5.69 Å². The van der Waals surface area contributed by atoms with Gasteiger partial charge in [-0.05, 0) is 74.9 Å². The summed E-state index contributed by atoms with van der Waals surface area (Å²) in [6.45, 7) is 5.57. The molecule has 1 N–H and O–H groups in total. The molecule has 3 aromatic carbocycles. The lowest BCUT2D eigenvalue weighted by Crippen LogP contribution is -2.40. The number of nitrogens with zero attached hydrogens (tertiary/aromatic N) is 1. The number of halogens is 1. The molecule has 3 rings (SSSR count). The summed E-state index contributed by atoms with van der Waals surface area (Å²) >= 11 is 3.36. The van der Waals surface area contributed by atoms with Crippen LogP contribution in [0.1, 0.15) is 25.0 Å². The van der Waals surface area contributed by atoms with Crippen LogP contribution >= 0.6 is 15.9 Å².